The Hall–Kier alpha value is -2.40. The van der Waals surface area contributed by atoms with Crippen molar-refractivity contribution in [2.45, 2.75) is 6.61 Å². The van der Waals surface area contributed by atoms with Crippen LogP contribution in [-0.4, -0.2) is 19.0 Å². The Balaban J connectivity index is 1.88. The second-order valence-electron chi connectivity index (χ2n) is 4.68. The van der Waals surface area contributed by atoms with Crippen molar-refractivity contribution in [3.05, 3.63) is 75.8 Å². The standard InChI is InChI=1S/C18H15BrO4/c1-22-18(21)15-8-5-14(6-9-15)12-23-17(20)10-7-13-3-2-4-16(19)11-13/h2-11H,12H2,1H3. The van der Waals surface area contributed by atoms with Crippen molar-refractivity contribution in [1.82, 2.24) is 0 Å². The number of benzene rings is 2. The highest BCUT2D eigenvalue weighted by atomic mass is 79.9. The summed E-state index contributed by atoms with van der Waals surface area (Å²) in [6.45, 7) is 0.142. The lowest BCUT2D eigenvalue weighted by Crippen LogP contribution is -2.03. The maximum Gasteiger partial charge on any atom is 0.337 e. The van der Waals surface area contributed by atoms with Crippen LogP contribution in [0.15, 0.2) is 59.1 Å². The summed E-state index contributed by atoms with van der Waals surface area (Å²) in [7, 11) is 1.33. The molecule has 0 spiro atoms. The molecule has 0 amide bonds. The second kappa shape index (κ2) is 8.29. The van der Waals surface area contributed by atoms with Crippen LogP contribution in [0.25, 0.3) is 6.08 Å². The Morgan fingerprint density at radius 3 is 2.52 bits per heavy atom. The molecule has 0 radical (unpaired) electrons. The van der Waals surface area contributed by atoms with Gasteiger partial charge in [0.15, 0.2) is 0 Å². The van der Waals surface area contributed by atoms with Gasteiger partial charge in [-0.05, 0) is 41.5 Å². The van der Waals surface area contributed by atoms with Crippen LogP contribution in [0.4, 0.5) is 0 Å². The number of carbonyl (C=O) groups is 2. The summed E-state index contributed by atoms with van der Waals surface area (Å²) in [6, 6.07) is 14.3. The van der Waals surface area contributed by atoms with E-state index >= 15 is 0 Å². The second-order valence-corrected chi connectivity index (χ2v) is 5.60. The van der Waals surface area contributed by atoms with Crippen LogP contribution in [0.2, 0.25) is 0 Å². The number of carbonyl (C=O) groups excluding carboxylic acids is 2. The van der Waals surface area contributed by atoms with Crippen LogP contribution in [0.5, 0.6) is 0 Å². The number of esters is 2. The Bertz CT molecular complexity index is 720. The van der Waals surface area contributed by atoms with Gasteiger partial charge in [0.05, 0.1) is 12.7 Å². The number of ether oxygens (including phenoxy) is 2. The van der Waals surface area contributed by atoms with Gasteiger partial charge in [0.1, 0.15) is 6.61 Å². The number of methoxy groups -OCH3 is 1. The zero-order valence-corrected chi connectivity index (χ0v) is 14.1. The van der Waals surface area contributed by atoms with E-state index in [-0.39, 0.29) is 6.61 Å². The molecule has 0 heterocycles. The van der Waals surface area contributed by atoms with E-state index in [4.69, 9.17) is 4.74 Å². The van der Waals surface area contributed by atoms with Crippen LogP contribution in [0.3, 0.4) is 0 Å². The normalized spacial score (nSPS) is 10.5. The van der Waals surface area contributed by atoms with Gasteiger partial charge >= 0.3 is 11.9 Å². The van der Waals surface area contributed by atoms with E-state index in [1.807, 2.05) is 24.3 Å². The molecule has 0 fully saturated rings. The minimum atomic E-state index is -0.429. The maximum atomic E-state index is 11.7. The van der Waals surface area contributed by atoms with E-state index in [0.29, 0.717) is 5.56 Å². The highest BCUT2D eigenvalue weighted by molar-refractivity contribution is 9.10. The summed E-state index contributed by atoms with van der Waals surface area (Å²) >= 11 is 3.37. The topological polar surface area (TPSA) is 52.6 Å². The highest BCUT2D eigenvalue weighted by Crippen LogP contribution is 2.13. The third kappa shape index (κ3) is 5.38. The van der Waals surface area contributed by atoms with E-state index in [1.54, 1.807) is 30.3 Å². The van der Waals surface area contributed by atoms with Crippen molar-refractivity contribution in [2.75, 3.05) is 7.11 Å². The lowest BCUT2D eigenvalue weighted by Gasteiger charge is -2.04. The number of rotatable bonds is 5. The quantitative estimate of drug-likeness (QED) is 0.586. The molecule has 4 nitrogen and oxygen atoms in total. The molecule has 2 aromatic rings. The van der Waals surface area contributed by atoms with Gasteiger partial charge in [-0.25, -0.2) is 9.59 Å². The van der Waals surface area contributed by atoms with Gasteiger partial charge in [-0.3, -0.25) is 0 Å². The lowest BCUT2D eigenvalue weighted by molar-refractivity contribution is -0.138. The zero-order valence-electron chi connectivity index (χ0n) is 12.5. The Morgan fingerprint density at radius 2 is 1.87 bits per heavy atom. The monoisotopic (exact) mass is 374 g/mol. The first kappa shape index (κ1) is 17.0. The van der Waals surface area contributed by atoms with Crippen molar-refractivity contribution < 1.29 is 19.1 Å². The predicted molar refractivity (Wildman–Crippen MR) is 90.8 cm³/mol. The van der Waals surface area contributed by atoms with Crippen molar-refractivity contribution in [2.24, 2.45) is 0 Å². The van der Waals surface area contributed by atoms with E-state index < -0.39 is 11.9 Å². The van der Waals surface area contributed by atoms with Crippen molar-refractivity contribution in [3.8, 4) is 0 Å². The third-order valence-corrected chi connectivity index (χ3v) is 3.51. The van der Waals surface area contributed by atoms with E-state index in [0.717, 1.165) is 15.6 Å². The Labute approximate surface area is 142 Å². The highest BCUT2D eigenvalue weighted by Gasteiger charge is 2.05. The maximum absolute atomic E-state index is 11.7. The minimum Gasteiger partial charge on any atom is -0.465 e. The molecule has 2 aromatic carbocycles. The van der Waals surface area contributed by atoms with Gasteiger partial charge in [-0.2, -0.15) is 0 Å². The average molecular weight is 375 g/mol. The fraction of sp³-hybridized carbons (Fsp3) is 0.111. The molecule has 0 saturated carbocycles. The first-order valence-electron chi connectivity index (χ1n) is 6.86. The SMILES string of the molecule is COC(=O)c1ccc(COC(=O)C=Cc2cccc(Br)c2)cc1. The van der Waals surface area contributed by atoms with E-state index in [9.17, 15) is 9.59 Å². The number of hydrogen-bond donors (Lipinski definition) is 0. The molecule has 118 valence electrons. The van der Waals surface area contributed by atoms with Gasteiger partial charge in [-0.1, -0.05) is 40.2 Å². The molecular formula is C18H15BrO4. The van der Waals surface area contributed by atoms with Crippen molar-refractivity contribution in [3.63, 3.8) is 0 Å². The van der Waals surface area contributed by atoms with Gasteiger partial charge in [-0.15, -0.1) is 0 Å². The van der Waals surface area contributed by atoms with Crippen molar-refractivity contribution >= 4 is 33.9 Å². The molecule has 0 aliphatic rings. The molecule has 5 heteroatoms. The fourth-order valence-corrected chi connectivity index (χ4v) is 2.25. The summed E-state index contributed by atoms with van der Waals surface area (Å²) < 4.78 is 10.7. The van der Waals surface area contributed by atoms with Crippen LogP contribution in [0.1, 0.15) is 21.5 Å². The van der Waals surface area contributed by atoms with Gasteiger partial charge in [0.25, 0.3) is 0 Å². The molecule has 0 atom stereocenters. The average Bonchev–Trinajstić information content (AvgIpc) is 2.58. The van der Waals surface area contributed by atoms with E-state index in [1.165, 1.54) is 13.2 Å². The predicted octanol–water partition coefficient (Wildman–Crippen LogP) is 3.99. The van der Waals surface area contributed by atoms with Crippen molar-refractivity contribution in [1.29, 1.82) is 0 Å². The van der Waals surface area contributed by atoms with E-state index in [2.05, 4.69) is 20.7 Å². The molecule has 0 saturated heterocycles. The molecule has 0 N–H and O–H groups in total. The fourth-order valence-electron chi connectivity index (χ4n) is 1.83. The molecule has 0 aliphatic carbocycles. The summed E-state index contributed by atoms with van der Waals surface area (Å²) in [5, 5.41) is 0. The molecule has 0 aromatic heterocycles. The number of hydrogen-bond acceptors (Lipinski definition) is 4. The van der Waals surface area contributed by atoms with Crippen LogP contribution in [-0.2, 0) is 20.9 Å². The summed E-state index contributed by atoms with van der Waals surface area (Å²) in [6.07, 6.45) is 3.07. The van der Waals surface area contributed by atoms with Crippen LogP contribution in [0, 0.1) is 0 Å². The first-order chi connectivity index (χ1) is 11.1. The molecule has 0 aliphatic heterocycles. The smallest absolute Gasteiger partial charge is 0.337 e. The molecule has 0 bridgehead atoms. The van der Waals surface area contributed by atoms with Crippen LogP contribution >= 0.6 is 15.9 Å². The first-order valence-corrected chi connectivity index (χ1v) is 7.65. The molecular weight excluding hydrogens is 360 g/mol. The minimum absolute atomic E-state index is 0.142. The zero-order chi connectivity index (χ0) is 16.7. The molecule has 0 unspecified atom stereocenters. The Morgan fingerprint density at radius 1 is 1.13 bits per heavy atom. The molecule has 2 rings (SSSR count). The lowest BCUT2D eigenvalue weighted by atomic mass is 10.1. The number of halogens is 1. The van der Waals surface area contributed by atoms with Gasteiger partial charge < -0.3 is 9.47 Å². The summed E-state index contributed by atoms with van der Waals surface area (Å²) in [5.74, 6) is -0.826. The summed E-state index contributed by atoms with van der Waals surface area (Å²) in [5.41, 5.74) is 2.15. The largest absolute Gasteiger partial charge is 0.465 e. The molecule has 23 heavy (non-hydrogen) atoms. The Kier molecular flexibility index (Phi) is 6.11. The third-order valence-electron chi connectivity index (χ3n) is 3.02. The van der Waals surface area contributed by atoms with Gasteiger partial charge in [0.2, 0.25) is 0 Å². The van der Waals surface area contributed by atoms with Gasteiger partial charge in [0, 0.05) is 10.5 Å². The van der Waals surface area contributed by atoms with Crippen LogP contribution < -0.4 is 0 Å². The summed E-state index contributed by atoms with van der Waals surface area (Å²) in [4.78, 5) is 23.0.